The molecule has 0 rings (SSSR count). The summed E-state index contributed by atoms with van der Waals surface area (Å²) in [6.07, 6.45) is 11.3. The van der Waals surface area contributed by atoms with Crippen LogP contribution in [0.1, 0.15) is 65.2 Å². The Kier molecular flexibility index (Phi) is 10.4. The molecular formula is C11H23I. The second kappa shape index (κ2) is 9.82. The number of alkyl halides is 1. The SMILES string of the molecule is CCCCCCC(I)CCCC. The monoisotopic (exact) mass is 282 g/mol. The van der Waals surface area contributed by atoms with Crippen LogP contribution in [0.5, 0.6) is 0 Å². The smallest absolute Gasteiger partial charge is 0.0110 e. The van der Waals surface area contributed by atoms with E-state index in [1.54, 1.807) is 0 Å². The predicted molar refractivity (Wildman–Crippen MR) is 66.1 cm³/mol. The van der Waals surface area contributed by atoms with Crippen molar-refractivity contribution in [2.75, 3.05) is 0 Å². The molecule has 0 aliphatic heterocycles. The fraction of sp³-hybridized carbons (Fsp3) is 1.00. The zero-order chi connectivity index (χ0) is 9.23. The molecule has 0 aromatic rings. The standard InChI is InChI=1S/C11H23I/c1-3-5-7-8-10-11(12)9-6-4-2/h11H,3-10H2,1-2H3. The summed E-state index contributed by atoms with van der Waals surface area (Å²) in [5.41, 5.74) is 0. The minimum atomic E-state index is 0.944. The second-order valence-electron chi connectivity index (χ2n) is 3.59. The number of hydrogen-bond acceptors (Lipinski definition) is 0. The summed E-state index contributed by atoms with van der Waals surface area (Å²) in [5, 5.41) is 0. The van der Waals surface area contributed by atoms with Crippen LogP contribution >= 0.6 is 22.6 Å². The molecule has 0 bridgehead atoms. The summed E-state index contributed by atoms with van der Waals surface area (Å²) in [5.74, 6) is 0. The third-order valence-electron chi connectivity index (χ3n) is 2.24. The molecule has 0 heterocycles. The molecular weight excluding hydrogens is 259 g/mol. The molecule has 0 amide bonds. The van der Waals surface area contributed by atoms with Gasteiger partial charge in [-0.1, -0.05) is 75.0 Å². The van der Waals surface area contributed by atoms with Gasteiger partial charge in [-0.15, -0.1) is 0 Å². The first-order valence-corrected chi connectivity index (χ1v) is 6.69. The molecule has 0 saturated carbocycles. The molecule has 74 valence electrons. The molecule has 0 N–H and O–H groups in total. The van der Waals surface area contributed by atoms with E-state index in [0.717, 1.165) is 3.92 Å². The van der Waals surface area contributed by atoms with E-state index in [9.17, 15) is 0 Å². The molecule has 0 aromatic carbocycles. The molecule has 0 radical (unpaired) electrons. The predicted octanol–water partition coefficient (Wildman–Crippen LogP) is 4.95. The van der Waals surface area contributed by atoms with Gasteiger partial charge in [0.1, 0.15) is 0 Å². The van der Waals surface area contributed by atoms with Gasteiger partial charge in [-0.3, -0.25) is 0 Å². The van der Waals surface area contributed by atoms with E-state index in [1.807, 2.05) is 0 Å². The van der Waals surface area contributed by atoms with E-state index < -0.39 is 0 Å². The van der Waals surface area contributed by atoms with Crippen molar-refractivity contribution in [1.29, 1.82) is 0 Å². The van der Waals surface area contributed by atoms with E-state index in [2.05, 4.69) is 36.4 Å². The summed E-state index contributed by atoms with van der Waals surface area (Å²) in [7, 11) is 0. The minimum Gasteiger partial charge on any atom is -0.0826 e. The Balaban J connectivity index is 3.02. The zero-order valence-electron chi connectivity index (χ0n) is 8.61. The van der Waals surface area contributed by atoms with Gasteiger partial charge in [-0.25, -0.2) is 0 Å². The fourth-order valence-corrected chi connectivity index (χ4v) is 2.24. The quantitative estimate of drug-likeness (QED) is 0.335. The lowest BCUT2D eigenvalue weighted by molar-refractivity contribution is 0.593. The number of halogens is 1. The summed E-state index contributed by atoms with van der Waals surface area (Å²) >= 11 is 2.62. The van der Waals surface area contributed by atoms with Gasteiger partial charge in [0.05, 0.1) is 0 Å². The summed E-state index contributed by atoms with van der Waals surface area (Å²) < 4.78 is 0.944. The molecule has 0 aliphatic carbocycles. The minimum absolute atomic E-state index is 0.944. The molecule has 1 heteroatoms. The summed E-state index contributed by atoms with van der Waals surface area (Å²) in [6.45, 7) is 4.55. The maximum atomic E-state index is 2.62. The lowest BCUT2D eigenvalue weighted by Gasteiger charge is -2.07. The Hall–Kier alpha value is 0.730. The van der Waals surface area contributed by atoms with Crippen molar-refractivity contribution >= 4 is 22.6 Å². The van der Waals surface area contributed by atoms with Crippen molar-refractivity contribution in [3.63, 3.8) is 0 Å². The van der Waals surface area contributed by atoms with Crippen molar-refractivity contribution in [2.45, 2.75) is 69.1 Å². The molecule has 1 unspecified atom stereocenters. The van der Waals surface area contributed by atoms with Crippen LogP contribution in [0, 0.1) is 0 Å². The normalized spacial score (nSPS) is 13.2. The maximum Gasteiger partial charge on any atom is 0.0110 e. The maximum absolute atomic E-state index is 2.62. The first-order chi connectivity index (χ1) is 5.81. The molecule has 0 aromatic heterocycles. The third-order valence-corrected chi connectivity index (χ3v) is 3.49. The van der Waals surface area contributed by atoms with Crippen LogP contribution in [-0.4, -0.2) is 3.92 Å². The molecule has 1 atom stereocenters. The lowest BCUT2D eigenvalue weighted by atomic mass is 10.1. The van der Waals surface area contributed by atoms with E-state index in [0.29, 0.717) is 0 Å². The highest BCUT2D eigenvalue weighted by Gasteiger charge is 2.01. The van der Waals surface area contributed by atoms with Crippen LogP contribution in [0.2, 0.25) is 0 Å². The third kappa shape index (κ3) is 8.82. The Morgan fingerprint density at radius 3 is 2.00 bits per heavy atom. The number of hydrogen-bond donors (Lipinski definition) is 0. The largest absolute Gasteiger partial charge is 0.0826 e. The van der Waals surface area contributed by atoms with Gasteiger partial charge in [0.2, 0.25) is 0 Å². The van der Waals surface area contributed by atoms with Gasteiger partial charge < -0.3 is 0 Å². The van der Waals surface area contributed by atoms with Gasteiger partial charge in [-0.05, 0) is 12.8 Å². The highest BCUT2D eigenvalue weighted by Crippen LogP contribution is 2.17. The van der Waals surface area contributed by atoms with Crippen molar-refractivity contribution < 1.29 is 0 Å². The summed E-state index contributed by atoms with van der Waals surface area (Å²) in [4.78, 5) is 0. The van der Waals surface area contributed by atoms with Gasteiger partial charge in [0, 0.05) is 3.92 Å². The highest BCUT2D eigenvalue weighted by atomic mass is 127. The van der Waals surface area contributed by atoms with Crippen LogP contribution in [0.4, 0.5) is 0 Å². The van der Waals surface area contributed by atoms with Crippen molar-refractivity contribution in [3.8, 4) is 0 Å². The van der Waals surface area contributed by atoms with Crippen LogP contribution in [0.3, 0.4) is 0 Å². The highest BCUT2D eigenvalue weighted by molar-refractivity contribution is 14.1. The summed E-state index contributed by atoms with van der Waals surface area (Å²) in [6, 6.07) is 0. The molecule has 0 fully saturated rings. The Morgan fingerprint density at radius 1 is 0.833 bits per heavy atom. The van der Waals surface area contributed by atoms with E-state index in [-0.39, 0.29) is 0 Å². The molecule has 0 nitrogen and oxygen atoms in total. The Morgan fingerprint density at radius 2 is 1.42 bits per heavy atom. The molecule has 0 aliphatic rings. The van der Waals surface area contributed by atoms with Crippen molar-refractivity contribution in [2.24, 2.45) is 0 Å². The zero-order valence-corrected chi connectivity index (χ0v) is 10.8. The number of unbranched alkanes of at least 4 members (excludes halogenated alkanes) is 4. The van der Waals surface area contributed by atoms with E-state index in [1.165, 1.54) is 51.4 Å². The van der Waals surface area contributed by atoms with Gasteiger partial charge >= 0.3 is 0 Å². The van der Waals surface area contributed by atoms with Crippen LogP contribution in [0.25, 0.3) is 0 Å². The second-order valence-corrected chi connectivity index (χ2v) is 5.35. The first-order valence-electron chi connectivity index (χ1n) is 5.45. The van der Waals surface area contributed by atoms with E-state index in [4.69, 9.17) is 0 Å². The van der Waals surface area contributed by atoms with E-state index >= 15 is 0 Å². The van der Waals surface area contributed by atoms with Crippen LogP contribution in [0.15, 0.2) is 0 Å². The average Bonchev–Trinajstić information content (AvgIpc) is 2.09. The van der Waals surface area contributed by atoms with Crippen molar-refractivity contribution in [3.05, 3.63) is 0 Å². The molecule has 0 spiro atoms. The Bertz CT molecular complexity index is 81.1. The van der Waals surface area contributed by atoms with Gasteiger partial charge in [0.15, 0.2) is 0 Å². The molecule has 12 heavy (non-hydrogen) atoms. The lowest BCUT2D eigenvalue weighted by Crippen LogP contribution is -1.96. The van der Waals surface area contributed by atoms with Crippen molar-refractivity contribution in [1.82, 2.24) is 0 Å². The van der Waals surface area contributed by atoms with Gasteiger partial charge in [-0.2, -0.15) is 0 Å². The fourth-order valence-electron chi connectivity index (χ4n) is 1.36. The first kappa shape index (κ1) is 12.7. The average molecular weight is 282 g/mol. The number of rotatable bonds is 8. The Labute approximate surface area is 91.7 Å². The topological polar surface area (TPSA) is 0 Å². The van der Waals surface area contributed by atoms with Crippen LogP contribution < -0.4 is 0 Å². The van der Waals surface area contributed by atoms with Crippen LogP contribution in [-0.2, 0) is 0 Å². The molecule has 0 saturated heterocycles. The van der Waals surface area contributed by atoms with Gasteiger partial charge in [0.25, 0.3) is 0 Å².